The van der Waals surface area contributed by atoms with Crippen molar-refractivity contribution in [3.8, 4) is 0 Å². The van der Waals surface area contributed by atoms with Crippen LogP contribution in [0.25, 0.3) is 0 Å². The third kappa shape index (κ3) is 4.74. The van der Waals surface area contributed by atoms with Crippen LogP contribution >= 0.6 is 23.4 Å². The molecule has 0 saturated carbocycles. The van der Waals surface area contributed by atoms with Gasteiger partial charge in [-0.05, 0) is 18.6 Å². The van der Waals surface area contributed by atoms with Crippen molar-refractivity contribution in [3.63, 3.8) is 0 Å². The van der Waals surface area contributed by atoms with E-state index in [2.05, 4.69) is 0 Å². The molecule has 1 heterocycles. The van der Waals surface area contributed by atoms with Gasteiger partial charge in [0.1, 0.15) is 5.88 Å². The van der Waals surface area contributed by atoms with Gasteiger partial charge in [-0.25, -0.2) is 0 Å². The van der Waals surface area contributed by atoms with Crippen molar-refractivity contribution in [2.45, 2.75) is 18.3 Å². The number of hydrogen-bond donors (Lipinski definition) is 0. The molecule has 0 amide bonds. The Bertz CT molecular complexity index is 157. The Morgan fingerprint density at radius 1 is 1.62 bits per heavy atom. The second-order valence-electron chi connectivity index (χ2n) is 2.71. The molecule has 0 aromatic rings. The Balaban J connectivity index is 2.25. The molecule has 13 heavy (non-hydrogen) atoms. The van der Waals surface area contributed by atoms with Crippen molar-refractivity contribution in [2.75, 3.05) is 24.8 Å². The van der Waals surface area contributed by atoms with Gasteiger partial charge < -0.3 is 9.47 Å². The summed E-state index contributed by atoms with van der Waals surface area (Å²) in [4.78, 5) is 10.9. The van der Waals surface area contributed by atoms with Gasteiger partial charge in [0, 0.05) is 6.61 Å². The first-order valence-corrected chi connectivity index (χ1v) is 5.86. The molecule has 1 fully saturated rings. The fourth-order valence-corrected chi connectivity index (χ4v) is 2.06. The van der Waals surface area contributed by atoms with Crippen molar-refractivity contribution in [1.82, 2.24) is 0 Å². The highest BCUT2D eigenvalue weighted by molar-refractivity contribution is 7.99. The molecule has 0 spiro atoms. The van der Waals surface area contributed by atoms with E-state index in [1.54, 1.807) is 11.8 Å². The molecule has 0 N–H and O–H groups in total. The van der Waals surface area contributed by atoms with Crippen LogP contribution in [0, 0.1) is 0 Å². The van der Waals surface area contributed by atoms with E-state index >= 15 is 0 Å². The van der Waals surface area contributed by atoms with Crippen LogP contribution in [0.4, 0.5) is 0 Å². The Hall–Kier alpha value is 0.0700. The third-order valence-electron chi connectivity index (χ3n) is 1.61. The first-order valence-electron chi connectivity index (χ1n) is 4.27. The third-order valence-corrected chi connectivity index (χ3v) is 2.96. The predicted molar refractivity (Wildman–Crippen MR) is 53.1 cm³/mol. The number of ether oxygens (including phenoxy) is 2. The lowest BCUT2D eigenvalue weighted by atomic mass is 10.4. The summed E-state index contributed by atoms with van der Waals surface area (Å²) < 4.78 is 10.3. The average molecular weight is 225 g/mol. The fraction of sp³-hybridized carbons (Fsp3) is 0.875. The molecule has 1 atom stereocenters. The maximum atomic E-state index is 10.9. The summed E-state index contributed by atoms with van der Waals surface area (Å²) in [6.07, 6.45) is 2.20. The highest BCUT2D eigenvalue weighted by Crippen LogP contribution is 2.18. The van der Waals surface area contributed by atoms with Crippen molar-refractivity contribution in [2.24, 2.45) is 0 Å². The number of alkyl halides is 1. The molecule has 0 aromatic carbocycles. The molecule has 1 unspecified atom stereocenters. The molecule has 3 nitrogen and oxygen atoms in total. The Labute approximate surface area is 87.1 Å². The van der Waals surface area contributed by atoms with Gasteiger partial charge in [-0.3, -0.25) is 4.79 Å². The summed E-state index contributed by atoms with van der Waals surface area (Å²) in [5, 5.41) is 0. The minimum Gasteiger partial charge on any atom is -0.448 e. The first-order chi connectivity index (χ1) is 6.33. The molecule has 0 radical (unpaired) electrons. The number of esters is 1. The highest BCUT2D eigenvalue weighted by atomic mass is 35.5. The van der Waals surface area contributed by atoms with Crippen LogP contribution in [-0.2, 0) is 14.3 Å². The van der Waals surface area contributed by atoms with E-state index in [9.17, 15) is 4.79 Å². The Kier molecular flexibility index (Phi) is 5.58. The lowest BCUT2D eigenvalue weighted by Gasteiger charge is -2.19. The maximum absolute atomic E-state index is 10.9. The second kappa shape index (κ2) is 6.51. The lowest BCUT2D eigenvalue weighted by Crippen LogP contribution is -2.23. The number of carbonyl (C=O) groups excluding carboxylic acids is 1. The van der Waals surface area contributed by atoms with Gasteiger partial charge in [-0.15, -0.1) is 23.4 Å². The standard InChI is InChI=1S/C8H13ClO3S/c9-5-7(10)12-8-6-11-3-1-2-4-13-8/h8H,1-6H2. The van der Waals surface area contributed by atoms with Crippen molar-refractivity contribution < 1.29 is 14.3 Å². The quantitative estimate of drug-likeness (QED) is 0.528. The topological polar surface area (TPSA) is 35.5 Å². The SMILES string of the molecule is O=C(CCl)OC1COCCCCS1. The number of carbonyl (C=O) groups is 1. The second-order valence-corrected chi connectivity index (χ2v) is 4.24. The van der Waals surface area contributed by atoms with Gasteiger partial charge in [0.25, 0.3) is 0 Å². The summed E-state index contributed by atoms with van der Waals surface area (Å²) in [5.41, 5.74) is -0.174. The summed E-state index contributed by atoms with van der Waals surface area (Å²) >= 11 is 6.93. The summed E-state index contributed by atoms with van der Waals surface area (Å²) in [5.74, 6) is 0.559. The Morgan fingerprint density at radius 3 is 3.23 bits per heavy atom. The van der Waals surface area contributed by atoms with Gasteiger partial charge in [-0.2, -0.15) is 0 Å². The van der Waals surface area contributed by atoms with E-state index in [4.69, 9.17) is 21.1 Å². The average Bonchev–Trinajstić information content (AvgIpc) is 2.09. The van der Waals surface area contributed by atoms with Gasteiger partial charge in [-0.1, -0.05) is 0 Å². The zero-order valence-corrected chi connectivity index (χ0v) is 8.90. The molecule has 0 aromatic heterocycles. The van der Waals surface area contributed by atoms with Gasteiger partial charge in [0.2, 0.25) is 0 Å². The number of thioether (sulfide) groups is 1. The van der Waals surface area contributed by atoms with Crippen LogP contribution < -0.4 is 0 Å². The largest absolute Gasteiger partial charge is 0.448 e. The van der Waals surface area contributed by atoms with Gasteiger partial charge in [0.15, 0.2) is 5.44 Å². The summed E-state index contributed by atoms with van der Waals surface area (Å²) in [6.45, 7) is 1.24. The van der Waals surface area contributed by atoms with Crippen molar-refractivity contribution in [1.29, 1.82) is 0 Å². The van der Waals surface area contributed by atoms with E-state index in [0.29, 0.717) is 6.61 Å². The molecule has 0 aliphatic carbocycles. The van der Waals surface area contributed by atoms with Crippen molar-refractivity contribution in [3.05, 3.63) is 0 Å². The monoisotopic (exact) mass is 224 g/mol. The molecule has 1 rings (SSSR count). The van der Waals surface area contributed by atoms with Crippen LogP contribution in [-0.4, -0.2) is 36.3 Å². The zero-order valence-electron chi connectivity index (χ0n) is 7.33. The summed E-state index contributed by atoms with van der Waals surface area (Å²) in [7, 11) is 0. The van der Waals surface area contributed by atoms with Crippen molar-refractivity contribution >= 4 is 29.3 Å². The number of halogens is 1. The summed E-state index contributed by atoms with van der Waals surface area (Å²) in [6, 6.07) is 0. The molecular formula is C8H13ClO3S. The normalized spacial score (nSPS) is 24.5. The molecule has 1 saturated heterocycles. The minimum absolute atomic E-state index is 0.0862. The lowest BCUT2D eigenvalue weighted by molar-refractivity contribution is -0.144. The van der Waals surface area contributed by atoms with Crippen LogP contribution in [0.3, 0.4) is 0 Å². The predicted octanol–water partition coefficient (Wildman–Crippen LogP) is 1.64. The number of rotatable bonds is 2. The highest BCUT2D eigenvalue weighted by Gasteiger charge is 2.15. The van der Waals surface area contributed by atoms with Crippen LogP contribution in [0.1, 0.15) is 12.8 Å². The Morgan fingerprint density at radius 2 is 2.46 bits per heavy atom. The van der Waals surface area contributed by atoms with Crippen LogP contribution in [0.2, 0.25) is 0 Å². The molecule has 0 bridgehead atoms. The van der Waals surface area contributed by atoms with E-state index in [-0.39, 0.29) is 17.3 Å². The van der Waals surface area contributed by atoms with Crippen LogP contribution in [0.5, 0.6) is 0 Å². The fourth-order valence-electron chi connectivity index (χ4n) is 0.995. The van der Waals surface area contributed by atoms with Gasteiger partial charge >= 0.3 is 5.97 Å². The molecule has 76 valence electrons. The first kappa shape index (κ1) is 11.1. The van der Waals surface area contributed by atoms with Gasteiger partial charge in [0.05, 0.1) is 6.61 Å². The zero-order chi connectivity index (χ0) is 9.52. The molecular weight excluding hydrogens is 212 g/mol. The maximum Gasteiger partial charge on any atom is 0.322 e. The van der Waals surface area contributed by atoms with E-state index in [1.165, 1.54) is 0 Å². The van der Waals surface area contributed by atoms with E-state index in [0.717, 1.165) is 25.2 Å². The van der Waals surface area contributed by atoms with E-state index < -0.39 is 0 Å². The van der Waals surface area contributed by atoms with Crippen LogP contribution in [0.15, 0.2) is 0 Å². The minimum atomic E-state index is -0.372. The molecule has 1 aliphatic heterocycles. The molecule has 1 aliphatic rings. The van der Waals surface area contributed by atoms with E-state index in [1.807, 2.05) is 0 Å². The number of hydrogen-bond acceptors (Lipinski definition) is 4. The molecule has 5 heteroatoms. The smallest absolute Gasteiger partial charge is 0.322 e.